The molecule has 5 rings (SSSR count). The van der Waals surface area contributed by atoms with Crippen molar-refractivity contribution in [3.63, 3.8) is 0 Å². The van der Waals surface area contributed by atoms with E-state index in [1.807, 2.05) is 24.1 Å². The SMILES string of the molecule is CC(C)(C)CCCCN1CCCC1.CC(C)(C)CCc1cnc[nH]1.CC1CCC(N)CC1.Cc1[nH]cnc1CCC(C)(C)C.Cn1cnc(CCC(C)(C)C)c1. The zero-order valence-corrected chi connectivity index (χ0v) is 39.6. The lowest BCUT2D eigenvalue weighted by atomic mass is 9.88. The molecule has 2 aliphatic rings. The second-order valence-electron chi connectivity index (χ2n) is 21.8. The minimum Gasteiger partial charge on any atom is -0.348 e. The molecule has 0 aromatic carbocycles. The first kappa shape index (κ1) is 51.6. The van der Waals surface area contributed by atoms with Crippen molar-refractivity contribution in [2.45, 2.75) is 199 Å². The Labute approximate surface area is 346 Å². The maximum atomic E-state index is 5.70. The van der Waals surface area contributed by atoms with Crippen LogP contribution in [0.25, 0.3) is 0 Å². The zero-order chi connectivity index (χ0) is 42.4. The number of likely N-dealkylation sites (tertiary alicyclic amines) is 1. The molecule has 4 N–H and O–H groups in total. The molecule has 3 aromatic rings. The van der Waals surface area contributed by atoms with E-state index < -0.39 is 0 Å². The average Bonchev–Trinajstić information content (AvgIpc) is 3.92. The molecular weight excluding hydrogens is 689 g/mol. The summed E-state index contributed by atoms with van der Waals surface area (Å²) in [4.78, 5) is 21.3. The molecule has 2 fully saturated rings. The Balaban J connectivity index is 0.000000352. The second-order valence-corrected chi connectivity index (χ2v) is 21.8. The molecule has 56 heavy (non-hydrogen) atoms. The summed E-state index contributed by atoms with van der Waals surface area (Å²) in [5, 5.41) is 0. The first-order valence-corrected chi connectivity index (χ1v) is 22.3. The molecule has 0 amide bonds. The zero-order valence-electron chi connectivity index (χ0n) is 39.6. The van der Waals surface area contributed by atoms with Crippen LogP contribution in [0.15, 0.2) is 31.4 Å². The minimum atomic E-state index is 0.408. The molecule has 4 heterocycles. The summed E-state index contributed by atoms with van der Waals surface area (Å²) >= 11 is 0. The summed E-state index contributed by atoms with van der Waals surface area (Å²) in [7, 11) is 2.01. The van der Waals surface area contributed by atoms with Crippen molar-refractivity contribution < 1.29 is 0 Å². The number of aromatic amines is 2. The van der Waals surface area contributed by atoms with Gasteiger partial charge in [-0.25, -0.2) is 15.0 Å². The molecule has 0 atom stereocenters. The number of aromatic nitrogens is 6. The van der Waals surface area contributed by atoms with Gasteiger partial charge < -0.3 is 25.2 Å². The van der Waals surface area contributed by atoms with Crippen LogP contribution in [-0.2, 0) is 26.3 Å². The van der Waals surface area contributed by atoms with Crippen LogP contribution in [0.5, 0.6) is 0 Å². The molecule has 324 valence electrons. The molecule has 1 saturated carbocycles. The van der Waals surface area contributed by atoms with Crippen LogP contribution in [0.3, 0.4) is 0 Å². The van der Waals surface area contributed by atoms with Gasteiger partial charge in [0.1, 0.15) is 0 Å². The lowest BCUT2D eigenvalue weighted by molar-refractivity contribution is 0.304. The van der Waals surface area contributed by atoms with Gasteiger partial charge in [-0.1, -0.05) is 96.4 Å². The number of imidazole rings is 3. The van der Waals surface area contributed by atoms with Gasteiger partial charge in [-0.3, -0.25) is 0 Å². The van der Waals surface area contributed by atoms with Gasteiger partial charge in [0.15, 0.2) is 0 Å². The molecule has 1 aliphatic heterocycles. The minimum absolute atomic E-state index is 0.408. The lowest BCUT2D eigenvalue weighted by Crippen LogP contribution is -2.25. The highest BCUT2D eigenvalue weighted by Crippen LogP contribution is 2.24. The van der Waals surface area contributed by atoms with Gasteiger partial charge in [0.2, 0.25) is 0 Å². The Morgan fingerprint density at radius 2 is 1.25 bits per heavy atom. The number of unbranched alkanes of at least 4 members (excludes halogenated alkanes) is 1. The standard InChI is InChI=1S/C12H25N.2C10H18N2.C9H16N2.C7H15N/c1-12(2,3)8-4-5-9-13-10-6-7-11-13;1-10(2,3)6-5-9-7-12(4)8-11-9;1-8-9(12-7-11-8)5-6-10(2,3)4;1-9(2,3)5-4-8-6-10-7-11-8;1-6-2-4-7(8)5-3-6/h4-11H2,1-3H3;7-8H,5-6H2,1-4H3;7H,5-6H2,1-4H3,(H,11,12);6-7H,4-5H2,1-3H3,(H,10,11);6-7H,2-5,8H2,1H3. The molecule has 8 nitrogen and oxygen atoms in total. The van der Waals surface area contributed by atoms with E-state index in [0.717, 1.165) is 25.2 Å². The molecule has 0 bridgehead atoms. The predicted octanol–water partition coefficient (Wildman–Crippen LogP) is 12.3. The van der Waals surface area contributed by atoms with E-state index in [2.05, 4.69) is 133 Å². The highest BCUT2D eigenvalue weighted by Gasteiger charge is 2.15. The van der Waals surface area contributed by atoms with E-state index in [-0.39, 0.29) is 0 Å². The van der Waals surface area contributed by atoms with Gasteiger partial charge in [0, 0.05) is 36.9 Å². The summed E-state index contributed by atoms with van der Waals surface area (Å²) in [6.45, 7) is 35.8. The third-order valence-corrected chi connectivity index (χ3v) is 10.5. The number of nitrogens with two attached hydrogens (primary N) is 1. The molecular formula is C48H92N8. The van der Waals surface area contributed by atoms with Gasteiger partial charge in [0.05, 0.1) is 30.4 Å². The smallest absolute Gasteiger partial charge is 0.0946 e. The van der Waals surface area contributed by atoms with Gasteiger partial charge in [-0.2, -0.15) is 0 Å². The first-order valence-electron chi connectivity index (χ1n) is 22.3. The maximum Gasteiger partial charge on any atom is 0.0946 e. The summed E-state index contributed by atoms with van der Waals surface area (Å²) in [6, 6.07) is 0.520. The number of H-pyrrole nitrogens is 2. The number of rotatable bonds is 10. The molecule has 0 unspecified atom stereocenters. The van der Waals surface area contributed by atoms with Crippen molar-refractivity contribution in [1.29, 1.82) is 0 Å². The van der Waals surface area contributed by atoms with Crippen molar-refractivity contribution in [3.05, 3.63) is 54.2 Å². The Bertz CT molecular complexity index is 1330. The quantitative estimate of drug-likeness (QED) is 0.178. The fraction of sp³-hybridized carbons (Fsp3) is 0.812. The number of hydrogen-bond acceptors (Lipinski definition) is 5. The van der Waals surface area contributed by atoms with Crippen LogP contribution in [-0.4, -0.2) is 60.1 Å². The van der Waals surface area contributed by atoms with E-state index >= 15 is 0 Å². The molecule has 1 aliphatic carbocycles. The predicted molar refractivity (Wildman–Crippen MR) is 243 cm³/mol. The number of nitrogens with zero attached hydrogens (tertiary/aromatic N) is 5. The third-order valence-electron chi connectivity index (χ3n) is 10.5. The van der Waals surface area contributed by atoms with Gasteiger partial charge >= 0.3 is 0 Å². The second kappa shape index (κ2) is 25.8. The van der Waals surface area contributed by atoms with Crippen molar-refractivity contribution >= 4 is 0 Å². The average molecular weight is 781 g/mol. The summed E-state index contributed by atoms with van der Waals surface area (Å²) in [5.41, 5.74) is 12.3. The maximum absolute atomic E-state index is 5.70. The van der Waals surface area contributed by atoms with Crippen LogP contribution in [0.4, 0.5) is 0 Å². The summed E-state index contributed by atoms with van der Waals surface area (Å²) in [5.74, 6) is 0.940. The summed E-state index contributed by atoms with van der Waals surface area (Å²) in [6.07, 6.45) is 28.5. The van der Waals surface area contributed by atoms with E-state index in [4.69, 9.17) is 5.73 Å². The Kier molecular flexibility index (Phi) is 23.8. The van der Waals surface area contributed by atoms with Crippen LogP contribution in [0, 0.1) is 34.5 Å². The number of aryl methyl sites for hydroxylation is 5. The Morgan fingerprint density at radius 3 is 1.70 bits per heavy atom. The highest BCUT2D eigenvalue weighted by atomic mass is 15.1. The van der Waals surface area contributed by atoms with Gasteiger partial charge in [0.25, 0.3) is 0 Å². The highest BCUT2D eigenvalue weighted by molar-refractivity contribution is 5.08. The van der Waals surface area contributed by atoms with Crippen molar-refractivity contribution in [2.24, 2.45) is 40.4 Å². The Morgan fingerprint density at radius 1 is 0.696 bits per heavy atom. The first-order chi connectivity index (χ1) is 25.9. The van der Waals surface area contributed by atoms with Crippen molar-refractivity contribution in [1.82, 2.24) is 34.4 Å². The third kappa shape index (κ3) is 29.7. The summed E-state index contributed by atoms with van der Waals surface area (Å²) < 4.78 is 2.00. The fourth-order valence-electron chi connectivity index (χ4n) is 6.45. The molecule has 0 radical (unpaired) electrons. The molecule has 1 saturated heterocycles. The molecule has 0 spiro atoms. The van der Waals surface area contributed by atoms with E-state index in [0.29, 0.717) is 27.7 Å². The van der Waals surface area contributed by atoms with Gasteiger partial charge in [-0.05, 0) is 144 Å². The Hall–Kier alpha value is -2.45. The number of nitrogens with one attached hydrogen (secondary N) is 2. The number of hydrogen-bond donors (Lipinski definition) is 3. The van der Waals surface area contributed by atoms with Crippen LogP contribution < -0.4 is 5.73 Å². The monoisotopic (exact) mass is 781 g/mol. The fourth-order valence-corrected chi connectivity index (χ4v) is 6.45. The lowest BCUT2D eigenvalue weighted by Gasteiger charge is -2.22. The van der Waals surface area contributed by atoms with Crippen LogP contribution >= 0.6 is 0 Å². The van der Waals surface area contributed by atoms with E-state index in [1.54, 1.807) is 12.7 Å². The van der Waals surface area contributed by atoms with E-state index in [9.17, 15) is 0 Å². The molecule has 3 aromatic heterocycles. The van der Waals surface area contributed by atoms with Crippen molar-refractivity contribution in [3.8, 4) is 0 Å². The topological polar surface area (TPSA) is 104 Å². The normalized spacial score (nSPS) is 17.7. The van der Waals surface area contributed by atoms with Gasteiger partial charge in [-0.15, -0.1) is 0 Å². The van der Waals surface area contributed by atoms with E-state index in [1.165, 1.54) is 119 Å². The largest absolute Gasteiger partial charge is 0.348 e. The van der Waals surface area contributed by atoms with Crippen LogP contribution in [0.1, 0.15) is 190 Å². The van der Waals surface area contributed by atoms with Crippen LogP contribution in [0.2, 0.25) is 0 Å². The van der Waals surface area contributed by atoms with Crippen molar-refractivity contribution in [2.75, 3.05) is 19.6 Å². The molecule has 8 heteroatoms.